The molecule has 19 heavy (non-hydrogen) atoms. The lowest BCUT2D eigenvalue weighted by Crippen LogP contribution is -2.42. The zero-order chi connectivity index (χ0) is 13.8. The van der Waals surface area contributed by atoms with Crippen LogP contribution >= 0.6 is 0 Å². The SMILES string of the molecule is CNC(=O)C1CCN(C(=O)c2ncccc2N)CC1. The van der Waals surface area contributed by atoms with Gasteiger partial charge in [-0.3, -0.25) is 9.59 Å². The molecular formula is C13H18N4O2. The number of anilines is 1. The summed E-state index contributed by atoms with van der Waals surface area (Å²) in [6.07, 6.45) is 2.91. The molecule has 0 atom stereocenters. The van der Waals surface area contributed by atoms with Gasteiger partial charge in [-0.05, 0) is 25.0 Å². The Morgan fingerprint density at radius 1 is 1.42 bits per heavy atom. The van der Waals surface area contributed by atoms with Crippen LogP contribution in [0.15, 0.2) is 18.3 Å². The maximum atomic E-state index is 12.2. The number of rotatable bonds is 2. The maximum Gasteiger partial charge on any atom is 0.274 e. The average molecular weight is 262 g/mol. The minimum absolute atomic E-state index is 0.00451. The van der Waals surface area contributed by atoms with Crippen LogP contribution in [0.4, 0.5) is 5.69 Å². The molecule has 0 bridgehead atoms. The van der Waals surface area contributed by atoms with Crippen LogP contribution in [-0.2, 0) is 4.79 Å². The summed E-state index contributed by atoms with van der Waals surface area (Å²) in [6, 6.07) is 3.36. The number of carbonyl (C=O) groups is 2. The third-order valence-electron chi connectivity index (χ3n) is 3.44. The normalized spacial score (nSPS) is 16.2. The van der Waals surface area contributed by atoms with E-state index in [9.17, 15) is 9.59 Å². The van der Waals surface area contributed by atoms with Gasteiger partial charge in [0.05, 0.1) is 5.69 Å². The number of hydrogen-bond donors (Lipinski definition) is 2. The molecule has 1 aliphatic rings. The van der Waals surface area contributed by atoms with Gasteiger partial charge in [0.1, 0.15) is 0 Å². The number of aromatic nitrogens is 1. The van der Waals surface area contributed by atoms with Crippen molar-refractivity contribution in [3.05, 3.63) is 24.0 Å². The van der Waals surface area contributed by atoms with Crippen molar-refractivity contribution in [2.75, 3.05) is 25.9 Å². The van der Waals surface area contributed by atoms with E-state index < -0.39 is 0 Å². The Hall–Kier alpha value is -2.11. The van der Waals surface area contributed by atoms with Crippen LogP contribution in [0.5, 0.6) is 0 Å². The van der Waals surface area contributed by atoms with Crippen molar-refractivity contribution in [3.8, 4) is 0 Å². The van der Waals surface area contributed by atoms with Crippen LogP contribution in [0.2, 0.25) is 0 Å². The van der Waals surface area contributed by atoms with Gasteiger partial charge in [-0.2, -0.15) is 0 Å². The summed E-state index contributed by atoms with van der Waals surface area (Å²) in [6.45, 7) is 1.12. The molecule has 2 amide bonds. The van der Waals surface area contributed by atoms with E-state index in [1.165, 1.54) is 0 Å². The molecule has 0 aliphatic carbocycles. The van der Waals surface area contributed by atoms with Gasteiger partial charge < -0.3 is 16.0 Å². The number of piperidine rings is 1. The molecule has 0 spiro atoms. The predicted octanol–water partition coefficient (Wildman–Crippen LogP) is 0.262. The van der Waals surface area contributed by atoms with E-state index in [0.717, 1.165) is 0 Å². The summed E-state index contributed by atoms with van der Waals surface area (Å²) in [5, 5.41) is 2.64. The van der Waals surface area contributed by atoms with E-state index in [2.05, 4.69) is 10.3 Å². The molecule has 0 aromatic carbocycles. The quantitative estimate of drug-likeness (QED) is 0.800. The lowest BCUT2D eigenvalue weighted by atomic mass is 9.96. The van der Waals surface area contributed by atoms with Gasteiger partial charge in [0.25, 0.3) is 5.91 Å². The highest BCUT2D eigenvalue weighted by atomic mass is 16.2. The lowest BCUT2D eigenvalue weighted by molar-refractivity contribution is -0.125. The maximum absolute atomic E-state index is 12.2. The first-order valence-electron chi connectivity index (χ1n) is 6.35. The molecule has 1 aromatic rings. The van der Waals surface area contributed by atoms with Crippen molar-refractivity contribution in [3.63, 3.8) is 0 Å². The van der Waals surface area contributed by atoms with E-state index in [0.29, 0.717) is 37.3 Å². The Balaban J connectivity index is 2.00. The fraction of sp³-hybridized carbons (Fsp3) is 0.462. The van der Waals surface area contributed by atoms with Gasteiger partial charge in [0.2, 0.25) is 5.91 Å². The molecule has 0 radical (unpaired) electrons. The third-order valence-corrected chi connectivity index (χ3v) is 3.44. The Morgan fingerprint density at radius 2 is 2.11 bits per heavy atom. The first-order chi connectivity index (χ1) is 9.13. The van der Waals surface area contributed by atoms with Gasteiger partial charge in [-0.25, -0.2) is 4.98 Å². The van der Waals surface area contributed by atoms with Gasteiger partial charge in [-0.1, -0.05) is 0 Å². The third kappa shape index (κ3) is 2.83. The first-order valence-corrected chi connectivity index (χ1v) is 6.35. The van der Waals surface area contributed by atoms with Crippen molar-refractivity contribution < 1.29 is 9.59 Å². The van der Waals surface area contributed by atoms with E-state index in [-0.39, 0.29) is 17.7 Å². The largest absolute Gasteiger partial charge is 0.397 e. The number of likely N-dealkylation sites (tertiary alicyclic amines) is 1. The van der Waals surface area contributed by atoms with E-state index in [4.69, 9.17) is 5.73 Å². The minimum atomic E-state index is -0.159. The Kier molecular flexibility index (Phi) is 3.99. The molecular weight excluding hydrogens is 244 g/mol. The van der Waals surface area contributed by atoms with Gasteiger partial charge in [0, 0.05) is 32.3 Å². The van der Waals surface area contributed by atoms with E-state index in [1.807, 2.05) is 0 Å². The monoisotopic (exact) mass is 262 g/mol. The van der Waals surface area contributed by atoms with Gasteiger partial charge >= 0.3 is 0 Å². The van der Waals surface area contributed by atoms with Crippen LogP contribution in [0.1, 0.15) is 23.3 Å². The molecule has 1 aliphatic heterocycles. The molecule has 2 heterocycles. The Bertz CT molecular complexity index is 481. The highest BCUT2D eigenvalue weighted by Crippen LogP contribution is 2.20. The van der Waals surface area contributed by atoms with Crippen LogP contribution in [-0.4, -0.2) is 41.8 Å². The van der Waals surface area contributed by atoms with Crippen LogP contribution < -0.4 is 11.1 Å². The molecule has 1 aromatic heterocycles. The van der Waals surface area contributed by atoms with Crippen molar-refractivity contribution in [2.45, 2.75) is 12.8 Å². The number of nitrogens with two attached hydrogens (primary N) is 1. The summed E-state index contributed by atoms with van der Waals surface area (Å²) >= 11 is 0. The molecule has 0 saturated carbocycles. The lowest BCUT2D eigenvalue weighted by Gasteiger charge is -2.31. The molecule has 0 unspecified atom stereocenters. The van der Waals surface area contributed by atoms with Crippen molar-refractivity contribution in [1.29, 1.82) is 0 Å². The Labute approximate surface area is 112 Å². The smallest absolute Gasteiger partial charge is 0.274 e. The fourth-order valence-corrected chi connectivity index (χ4v) is 2.30. The van der Waals surface area contributed by atoms with E-state index >= 15 is 0 Å². The Morgan fingerprint density at radius 3 is 2.68 bits per heavy atom. The summed E-state index contributed by atoms with van der Waals surface area (Å²) < 4.78 is 0. The highest BCUT2D eigenvalue weighted by molar-refractivity contribution is 5.97. The van der Waals surface area contributed by atoms with Gasteiger partial charge in [-0.15, -0.1) is 0 Å². The molecule has 6 heteroatoms. The average Bonchev–Trinajstić information content (AvgIpc) is 2.46. The summed E-state index contributed by atoms with van der Waals surface area (Å²) in [4.78, 5) is 29.5. The summed E-state index contributed by atoms with van der Waals surface area (Å²) in [5.74, 6) is -0.118. The molecule has 1 fully saturated rings. The number of carbonyl (C=O) groups excluding carboxylic acids is 2. The zero-order valence-electron chi connectivity index (χ0n) is 10.9. The molecule has 3 N–H and O–H groups in total. The number of nitrogens with zero attached hydrogens (tertiary/aromatic N) is 2. The second-order valence-electron chi connectivity index (χ2n) is 4.62. The number of pyridine rings is 1. The zero-order valence-corrected chi connectivity index (χ0v) is 10.9. The topological polar surface area (TPSA) is 88.3 Å². The summed E-state index contributed by atoms with van der Waals surface area (Å²) in [7, 11) is 1.63. The second-order valence-corrected chi connectivity index (χ2v) is 4.62. The second kappa shape index (κ2) is 5.69. The first kappa shape index (κ1) is 13.3. The van der Waals surface area contributed by atoms with Crippen LogP contribution in [0, 0.1) is 5.92 Å². The molecule has 6 nitrogen and oxygen atoms in total. The minimum Gasteiger partial charge on any atom is -0.397 e. The fourth-order valence-electron chi connectivity index (χ4n) is 2.30. The number of amides is 2. The van der Waals surface area contributed by atoms with Crippen molar-refractivity contribution in [2.24, 2.45) is 5.92 Å². The van der Waals surface area contributed by atoms with Crippen molar-refractivity contribution in [1.82, 2.24) is 15.2 Å². The van der Waals surface area contributed by atoms with E-state index in [1.54, 1.807) is 30.3 Å². The number of hydrogen-bond acceptors (Lipinski definition) is 4. The predicted molar refractivity (Wildman–Crippen MR) is 71.3 cm³/mol. The van der Waals surface area contributed by atoms with Crippen LogP contribution in [0.25, 0.3) is 0 Å². The molecule has 102 valence electrons. The van der Waals surface area contributed by atoms with Crippen molar-refractivity contribution >= 4 is 17.5 Å². The standard InChI is InChI=1S/C13H18N4O2/c1-15-12(18)9-4-7-17(8-5-9)13(19)11-10(14)3-2-6-16-11/h2-3,6,9H,4-5,7-8,14H2,1H3,(H,15,18). The summed E-state index contributed by atoms with van der Waals surface area (Å²) in [5.41, 5.74) is 6.43. The van der Waals surface area contributed by atoms with Crippen LogP contribution in [0.3, 0.4) is 0 Å². The highest BCUT2D eigenvalue weighted by Gasteiger charge is 2.28. The molecule has 1 saturated heterocycles. The van der Waals surface area contributed by atoms with Gasteiger partial charge in [0.15, 0.2) is 5.69 Å². The molecule has 2 rings (SSSR count). The number of nitrogens with one attached hydrogen (secondary N) is 1. The number of nitrogen functional groups attached to an aromatic ring is 1.